The largest absolute Gasteiger partial charge is 0.489 e. The van der Waals surface area contributed by atoms with Gasteiger partial charge in [-0.3, -0.25) is 4.79 Å². The molecule has 3 nitrogen and oxygen atoms in total. The van der Waals surface area contributed by atoms with Crippen molar-refractivity contribution in [1.29, 1.82) is 0 Å². The summed E-state index contributed by atoms with van der Waals surface area (Å²) in [6.45, 7) is 10.8. The number of benzene rings is 1. The van der Waals surface area contributed by atoms with Crippen LogP contribution in [0.1, 0.15) is 51.7 Å². The number of likely N-dealkylation sites (tertiary alicyclic amines) is 1. The van der Waals surface area contributed by atoms with Gasteiger partial charge in [-0.25, -0.2) is 0 Å². The number of carbonyl (C=O) groups is 1. The maximum atomic E-state index is 12.6. The Kier molecular flexibility index (Phi) is 5.48. The van der Waals surface area contributed by atoms with E-state index in [4.69, 9.17) is 4.74 Å². The van der Waals surface area contributed by atoms with Gasteiger partial charge in [-0.05, 0) is 73.7 Å². The Labute approximate surface area is 154 Å². The van der Waals surface area contributed by atoms with Crippen molar-refractivity contribution in [2.24, 2.45) is 5.92 Å². The molecule has 134 valence electrons. The summed E-state index contributed by atoms with van der Waals surface area (Å²) < 4.78 is 6.02. The fraction of sp³-hybridized carbons (Fsp3) is 0.476. The highest BCUT2D eigenvalue weighted by atomic mass is 32.1. The highest BCUT2D eigenvalue weighted by Crippen LogP contribution is 2.26. The summed E-state index contributed by atoms with van der Waals surface area (Å²) in [6, 6.07) is 6.24. The van der Waals surface area contributed by atoms with Crippen molar-refractivity contribution in [3.05, 3.63) is 50.7 Å². The van der Waals surface area contributed by atoms with E-state index in [0.29, 0.717) is 6.61 Å². The Hall–Kier alpha value is -1.81. The lowest BCUT2D eigenvalue weighted by Gasteiger charge is -2.29. The number of carbonyl (C=O) groups excluding carboxylic acids is 1. The van der Waals surface area contributed by atoms with E-state index in [1.807, 2.05) is 16.3 Å². The van der Waals surface area contributed by atoms with Gasteiger partial charge < -0.3 is 9.64 Å². The van der Waals surface area contributed by atoms with Gasteiger partial charge in [-0.15, -0.1) is 11.3 Å². The molecule has 3 rings (SSSR count). The summed E-state index contributed by atoms with van der Waals surface area (Å²) in [7, 11) is 0. The molecule has 1 aromatic carbocycles. The zero-order valence-corrected chi connectivity index (χ0v) is 16.4. The number of piperidine rings is 1. The normalized spacial score (nSPS) is 15.4. The number of hydrogen-bond donors (Lipinski definition) is 0. The SMILES string of the molecule is Cc1cc(C)c(C)c(OCc2csc(C(=O)N3CCC(C)CC3)c2)c1. The van der Waals surface area contributed by atoms with Crippen molar-refractivity contribution >= 4 is 17.2 Å². The molecule has 4 heteroatoms. The third-order valence-electron chi connectivity index (χ3n) is 5.09. The van der Waals surface area contributed by atoms with Gasteiger partial charge in [0.1, 0.15) is 12.4 Å². The molecular weight excluding hydrogens is 330 g/mol. The van der Waals surface area contributed by atoms with Crippen LogP contribution in [0.4, 0.5) is 0 Å². The molecule has 1 amide bonds. The van der Waals surface area contributed by atoms with Crippen molar-refractivity contribution in [3.8, 4) is 5.75 Å². The van der Waals surface area contributed by atoms with Crippen LogP contribution in [0, 0.1) is 26.7 Å². The van der Waals surface area contributed by atoms with Gasteiger partial charge in [-0.2, -0.15) is 0 Å². The highest BCUT2D eigenvalue weighted by Gasteiger charge is 2.22. The fourth-order valence-corrected chi connectivity index (χ4v) is 4.11. The first-order chi connectivity index (χ1) is 11.9. The second-order valence-corrected chi connectivity index (χ2v) is 8.20. The number of nitrogens with zero attached hydrogens (tertiary/aromatic N) is 1. The van der Waals surface area contributed by atoms with E-state index in [1.54, 1.807) is 0 Å². The van der Waals surface area contributed by atoms with Crippen molar-refractivity contribution < 1.29 is 9.53 Å². The van der Waals surface area contributed by atoms with Crippen LogP contribution < -0.4 is 4.74 Å². The average molecular weight is 358 g/mol. The monoisotopic (exact) mass is 357 g/mol. The van der Waals surface area contributed by atoms with Crippen LogP contribution in [0.2, 0.25) is 0 Å². The molecule has 1 aliphatic heterocycles. The molecule has 0 aliphatic carbocycles. The maximum absolute atomic E-state index is 12.6. The van der Waals surface area contributed by atoms with E-state index in [9.17, 15) is 4.79 Å². The molecule has 0 atom stereocenters. The summed E-state index contributed by atoms with van der Waals surface area (Å²) in [5, 5.41) is 2.04. The molecule has 0 spiro atoms. The molecule has 0 unspecified atom stereocenters. The fourth-order valence-electron chi connectivity index (χ4n) is 3.24. The van der Waals surface area contributed by atoms with Gasteiger partial charge in [0.15, 0.2) is 0 Å². The second kappa shape index (κ2) is 7.61. The molecule has 0 radical (unpaired) electrons. The standard InChI is InChI=1S/C21H27NO2S/c1-14-5-7-22(8-6-14)21(23)20-11-18(13-25-20)12-24-19-10-15(2)9-16(3)17(19)4/h9-11,13-14H,5-8,12H2,1-4H3. The predicted molar refractivity (Wildman–Crippen MR) is 104 cm³/mol. The van der Waals surface area contributed by atoms with Crippen LogP contribution in [0.15, 0.2) is 23.6 Å². The molecule has 1 fully saturated rings. The first-order valence-electron chi connectivity index (χ1n) is 9.01. The number of thiophene rings is 1. The van der Waals surface area contributed by atoms with E-state index >= 15 is 0 Å². The Morgan fingerprint density at radius 1 is 1.20 bits per heavy atom. The van der Waals surface area contributed by atoms with Crippen LogP contribution >= 0.6 is 11.3 Å². The van der Waals surface area contributed by atoms with Crippen molar-refractivity contribution in [2.45, 2.75) is 47.1 Å². The van der Waals surface area contributed by atoms with Gasteiger partial charge in [0, 0.05) is 18.7 Å². The smallest absolute Gasteiger partial charge is 0.263 e. The predicted octanol–water partition coefficient (Wildman–Crippen LogP) is 5.12. The van der Waals surface area contributed by atoms with Crippen LogP contribution in [0.5, 0.6) is 5.75 Å². The Morgan fingerprint density at radius 3 is 2.64 bits per heavy atom. The summed E-state index contributed by atoms with van der Waals surface area (Å²) in [4.78, 5) is 15.4. The number of ether oxygens (including phenoxy) is 1. The molecular formula is C21H27NO2S. The molecule has 0 N–H and O–H groups in total. The van der Waals surface area contributed by atoms with E-state index in [2.05, 4.69) is 39.8 Å². The third kappa shape index (κ3) is 4.24. The first-order valence-corrected chi connectivity index (χ1v) is 9.89. The van der Waals surface area contributed by atoms with Crippen molar-refractivity contribution in [1.82, 2.24) is 4.90 Å². The second-order valence-electron chi connectivity index (χ2n) is 7.29. The lowest BCUT2D eigenvalue weighted by molar-refractivity contribution is 0.0702. The van der Waals surface area contributed by atoms with Crippen LogP contribution in [0.3, 0.4) is 0 Å². The maximum Gasteiger partial charge on any atom is 0.263 e. The lowest BCUT2D eigenvalue weighted by atomic mass is 9.99. The van der Waals surface area contributed by atoms with Gasteiger partial charge >= 0.3 is 0 Å². The Bertz CT molecular complexity index is 757. The molecule has 1 aromatic heterocycles. The van der Waals surface area contributed by atoms with E-state index < -0.39 is 0 Å². The van der Waals surface area contributed by atoms with E-state index in [1.165, 1.54) is 28.0 Å². The quantitative estimate of drug-likeness (QED) is 0.759. The number of hydrogen-bond acceptors (Lipinski definition) is 3. The Balaban J connectivity index is 1.63. The Morgan fingerprint density at radius 2 is 1.92 bits per heavy atom. The van der Waals surface area contributed by atoms with Crippen molar-refractivity contribution in [2.75, 3.05) is 13.1 Å². The number of aryl methyl sites for hydroxylation is 2. The van der Waals surface area contributed by atoms with E-state index in [-0.39, 0.29) is 5.91 Å². The number of amides is 1. The average Bonchev–Trinajstić information content (AvgIpc) is 3.06. The minimum atomic E-state index is 0.172. The van der Waals surface area contributed by atoms with Gasteiger partial charge in [0.25, 0.3) is 5.91 Å². The number of rotatable bonds is 4. The van der Waals surface area contributed by atoms with Gasteiger partial charge in [0.2, 0.25) is 0 Å². The lowest BCUT2D eigenvalue weighted by Crippen LogP contribution is -2.37. The zero-order chi connectivity index (χ0) is 18.0. The topological polar surface area (TPSA) is 29.5 Å². The minimum absolute atomic E-state index is 0.172. The van der Waals surface area contributed by atoms with Crippen LogP contribution in [0.25, 0.3) is 0 Å². The van der Waals surface area contributed by atoms with Gasteiger partial charge in [-0.1, -0.05) is 13.0 Å². The molecule has 2 heterocycles. The summed E-state index contributed by atoms with van der Waals surface area (Å²) in [6.07, 6.45) is 2.22. The van der Waals surface area contributed by atoms with Crippen LogP contribution in [-0.2, 0) is 6.61 Å². The molecule has 0 saturated carbocycles. The summed E-state index contributed by atoms with van der Waals surface area (Å²) >= 11 is 1.53. The summed E-state index contributed by atoms with van der Waals surface area (Å²) in [5.74, 6) is 1.84. The first kappa shape index (κ1) is 18.0. The van der Waals surface area contributed by atoms with Gasteiger partial charge in [0.05, 0.1) is 4.88 Å². The minimum Gasteiger partial charge on any atom is -0.489 e. The highest BCUT2D eigenvalue weighted by molar-refractivity contribution is 7.12. The summed E-state index contributed by atoms with van der Waals surface area (Å²) in [5.41, 5.74) is 4.70. The molecule has 1 aliphatic rings. The zero-order valence-electron chi connectivity index (χ0n) is 15.6. The molecule has 1 saturated heterocycles. The van der Waals surface area contributed by atoms with Crippen molar-refractivity contribution in [3.63, 3.8) is 0 Å². The molecule has 0 bridgehead atoms. The molecule has 2 aromatic rings. The molecule has 25 heavy (non-hydrogen) atoms. The third-order valence-corrected chi connectivity index (χ3v) is 6.06. The van der Waals surface area contributed by atoms with Crippen LogP contribution in [-0.4, -0.2) is 23.9 Å². The van der Waals surface area contributed by atoms with E-state index in [0.717, 1.165) is 48.0 Å².